The Labute approximate surface area is 108 Å². The number of nitrogens with one attached hydrogen (secondary N) is 1. The SMILES string of the molecule is Cc1ccncc1CNc1ccc(F)cc1Br. The van der Waals surface area contributed by atoms with Gasteiger partial charge in [0.15, 0.2) is 0 Å². The Morgan fingerprint density at radius 3 is 2.88 bits per heavy atom. The number of halogens is 2. The van der Waals surface area contributed by atoms with Crippen molar-refractivity contribution in [3.63, 3.8) is 0 Å². The normalized spacial score (nSPS) is 10.3. The molecule has 0 bridgehead atoms. The van der Waals surface area contributed by atoms with E-state index in [1.165, 1.54) is 17.7 Å². The zero-order valence-corrected chi connectivity index (χ0v) is 11.0. The summed E-state index contributed by atoms with van der Waals surface area (Å²) in [4.78, 5) is 4.08. The van der Waals surface area contributed by atoms with Crippen LogP contribution in [0.5, 0.6) is 0 Å². The first-order valence-corrected chi connectivity index (χ1v) is 6.04. The Kier molecular flexibility index (Phi) is 3.74. The number of benzene rings is 1. The molecule has 0 fully saturated rings. The summed E-state index contributed by atoms with van der Waals surface area (Å²) in [6, 6.07) is 6.56. The maximum absolute atomic E-state index is 12.9. The van der Waals surface area contributed by atoms with Gasteiger partial charge in [0.1, 0.15) is 5.82 Å². The van der Waals surface area contributed by atoms with E-state index >= 15 is 0 Å². The van der Waals surface area contributed by atoms with E-state index in [0.29, 0.717) is 6.54 Å². The lowest BCUT2D eigenvalue weighted by Crippen LogP contribution is -2.02. The van der Waals surface area contributed by atoms with Gasteiger partial charge >= 0.3 is 0 Å². The van der Waals surface area contributed by atoms with Crippen LogP contribution < -0.4 is 5.32 Å². The predicted octanol–water partition coefficient (Wildman–Crippen LogP) is 3.90. The van der Waals surface area contributed by atoms with Crippen molar-refractivity contribution >= 4 is 21.6 Å². The molecule has 2 rings (SSSR count). The zero-order chi connectivity index (χ0) is 12.3. The molecule has 0 spiro atoms. The van der Waals surface area contributed by atoms with Gasteiger partial charge in [-0.05, 0) is 58.2 Å². The lowest BCUT2D eigenvalue weighted by atomic mass is 10.1. The van der Waals surface area contributed by atoms with Crippen LogP contribution in [0.4, 0.5) is 10.1 Å². The fraction of sp³-hybridized carbons (Fsp3) is 0.154. The third-order valence-corrected chi connectivity index (χ3v) is 3.20. The van der Waals surface area contributed by atoms with Crippen molar-refractivity contribution in [2.45, 2.75) is 13.5 Å². The summed E-state index contributed by atoms with van der Waals surface area (Å²) >= 11 is 3.32. The van der Waals surface area contributed by atoms with Crippen LogP contribution in [0.15, 0.2) is 41.1 Å². The van der Waals surface area contributed by atoms with Crippen LogP contribution in [0, 0.1) is 12.7 Å². The number of hydrogen-bond acceptors (Lipinski definition) is 2. The molecule has 0 aliphatic rings. The molecule has 1 heterocycles. The van der Waals surface area contributed by atoms with Crippen LogP contribution in [-0.2, 0) is 6.54 Å². The fourth-order valence-corrected chi connectivity index (χ4v) is 2.00. The van der Waals surface area contributed by atoms with E-state index in [0.717, 1.165) is 15.7 Å². The molecule has 0 atom stereocenters. The van der Waals surface area contributed by atoms with Gasteiger partial charge in [-0.3, -0.25) is 4.98 Å². The van der Waals surface area contributed by atoms with E-state index in [-0.39, 0.29) is 5.82 Å². The first-order valence-electron chi connectivity index (χ1n) is 5.25. The Morgan fingerprint density at radius 2 is 2.18 bits per heavy atom. The van der Waals surface area contributed by atoms with Crippen molar-refractivity contribution in [1.82, 2.24) is 4.98 Å². The number of pyridine rings is 1. The molecule has 0 aliphatic heterocycles. The molecule has 17 heavy (non-hydrogen) atoms. The van der Waals surface area contributed by atoms with E-state index in [4.69, 9.17) is 0 Å². The summed E-state index contributed by atoms with van der Waals surface area (Å²) in [6.45, 7) is 2.71. The number of rotatable bonds is 3. The van der Waals surface area contributed by atoms with Crippen molar-refractivity contribution in [3.05, 3.63) is 58.1 Å². The van der Waals surface area contributed by atoms with Crippen molar-refractivity contribution in [3.8, 4) is 0 Å². The average molecular weight is 295 g/mol. The molecule has 4 heteroatoms. The molecule has 2 nitrogen and oxygen atoms in total. The number of nitrogens with zero attached hydrogens (tertiary/aromatic N) is 1. The summed E-state index contributed by atoms with van der Waals surface area (Å²) in [7, 11) is 0. The number of aromatic nitrogens is 1. The highest BCUT2D eigenvalue weighted by Gasteiger charge is 2.02. The Hall–Kier alpha value is -1.42. The Bertz CT molecular complexity index is 529. The topological polar surface area (TPSA) is 24.9 Å². The molecular weight excluding hydrogens is 283 g/mol. The summed E-state index contributed by atoms with van der Waals surface area (Å²) in [5, 5.41) is 3.24. The maximum Gasteiger partial charge on any atom is 0.124 e. The summed E-state index contributed by atoms with van der Waals surface area (Å²) < 4.78 is 13.6. The van der Waals surface area contributed by atoms with Crippen LogP contribution in [0.2, 0.25) is 0 Å². The average Bonchev–Trinajstić information content (AvgIpc) is 2.30. The number of hydrogen-bond donors (Lipinski definition) is 1. The van der Waals surface area contributed by atoms with Crippen molar-refractivity contribution in [1.29, 1.82) is 0 Å². The molecule has 1 aromatic heterocycles. The Balaban J connectivity index is 2.10. The largest absolute Gasteiger partial charge is 0.380 e. The minimum Gasteiger partial charge on any atom is -0.380 e. The van der Waals surface area contributed by atoms with Gasteiger partial charge in [0.2, 0.25) is 0 Å². The van der Waals surface area contributed by atoms with Gasteiger partial charge in [0, 0.05) is 29.1 Å². The highest BCUT2D eigenvalue weighted by molar-refractivity contribution is 9.10. The quantitative estimate of drug-likeness (QED) is 0.928. The fourth-order valence-electron chi connectivity index (χ4n) is 1.51. The minimum absolute atomic E-state index is 0.250. The van der Waals surface area contributed by atoms with Crippen LogP contribution in [-0.4, -0.2) is 4.98 Å². The third-order valence-electron chi connectivity index (χ3n) is 2.55. The summed E-state index contributed by atoms with van der Waals surface area (Å²) in [6.07, 6.45) is 3.60. The third kappa shape index (κ3) is 3.03. The molecular formula is C13H12BrFN2. The van der Waals surface area contributed by atoms with Gasteiger partial charge in [-0.2, -0.15) is 0 Å². The van der Waals surface area contributed by atoms with Crippen LogP contribution in [0.1, 0.15) is 11.1 Å². The molecule has 88 valence electrons. The predicted molar refractivity (Wildman–Crippen MR) is 70.4 cm³/mol. The molecule has 1 N–H and O–H groups in total. The lowest BCUT2D eigenvalue weighted by molar-refractivity contribution is 0.627. The smallest absolute Gasteiger partial charge is 0.124 e. The van der Waals surface area contributed by atoms with E-state index in [9.17, 15) is 4.39 Å². The van der Waals surface area contributed by atoms with Crippen molar-refractivity contribution < 1.29 is 4.39 Å². The minimum atomic E-state index is -0.250. The number of anilines is 1. The van der Waals surface area contributed by atoms with Crippen LogP contribution >= 0.6 is 15.9 Å². The highest BCUT2D eigenvalue weighted by Crippen LogP contribution is 2.23. The van der Waals surface area contributed by atoms with E-state index in [2.05, 4.69) is 26.2 Å². The Morgan fingerprint density at radius 1 is 1.35 bits per heavy atom. The monoisotopic (exact) mass is 294 g/mol. The molecule has 1 aromatic carbocycles. The lowest BCUT2D eigenvalue weighted by Gasteiger charge is -2.10. The van der Waals surface area contributed by atoms with Gasteiger partial charge in [-0.25, -0.2) is 4.39 Å². The van der Waals surface area contributed by atoms with E-state index in [1.54, 1.807) is 12.3 Å². The summed E-state index contributed by atoms with van der Waals surface area (Å²) in [5.74, 6) is -0.250. The zero-order valence-electron chi connectivity index (χ0n) is 9.37. The molecule has 0 saturated carbocycles. The molecule has 0 aliphatic carbocycles. The van der Waals surface area contributed by atoms with Gasteiger partial charge in [0.25, 0.3) is 0 Å². The molecule has 0 radical (unpaired) electrons. The summed E-state index contributed by atoms with van der Waals surface area (Å²) in [5.41, 5.74) is 3.18. The maximum atomic E-state index is 12.9. The second-order valence-electron chi connectivity index (χ2n) is 3.78. The van der Waals surface area contributed by atoms with E-state index in [1.807, 2.05) is 19.2 Å². The highest BCUT2D eigenvalue weighted by atomic mass is 79.9. The van der Waals surface area contributed by atoms with Crippen LogP contribution in [0.25, 0.3) is 0 Å². The first-order chi connectivity index (χ1) is 8.16. The standard InChI is InChI=1S/C13H12BrFN2/c1-9-4-5-16-7-10(9)8-17-13-3-2-11(15)6-12(13)14/h2-7,17H,8H2,1H3. The molecule has 2 aromatic rings. The van der Waals surface area contributed by atoms with Crippen molar-refractivity contribution in [2.75, 3.05) is 5.32 Å². The van der Waals surface area contributed by atoms with Gasteiger partial charge in [0.05, 0.1) is 0 Å². The van der Waals surface area contributed by atoms with Gasteiger partial charge < -0.3 is 5.32 Å². The van der Waals surface area contributed by atoms with Crippen LogP contribution in [0.3, 0.4) is 0 Å². The first kappa shape index (κ1) is 12.0. The van der Waals surface area contributed by atoms with Gasteiger partial charge in [-0.15, -0.1) is 0 Å². The van der Waals surface area contributed by atoms with Gasteiger partial charge in [-0.1, -0.05) is 0 Å². The van der Waals surface area contributed by atoms with E-state index < -0.39 is 0 Å². The second-order valence-corrected chi connectivity index (χ2v) is 4.63. The second kappa shape index (κ2) is 5.27. The molecule has 0 amide bonds. The molecule has 0 unspecified atom stereocenters. The van der Waals surface area contributed by atoms with Crippen molar-refractivity contribution in [2.24, 2.45) is 0 Å². The number of aryl methyl sites for hydroxylation is 1. The molecule has 0 saturated heterocycles.